The lowest BCUT2D eigenvalue weighted by molar-refractivity contribution is -0.0528. The van der Waals surface area contributed by atoms with Crippen LogP contribution in [0.4, 0.5) is 19.5 Å². The first-order valence-corrected chi connectivity index (χ1v) is 8.94. The molecule has 8 heteroatoms. The van der Waals surface area contributed by atoms with E-state index in [0.29, 0.717) is 11.5 Å². The number of aromatic nitrogens is 1. The number of allylic oxidation sites excluding steroid dienone is 1. The van der Waals surface area contributed by atoms with Crippen LogP contribution in [0.25, 0.3) is 5.70 Å². The van der Waals surface area contributed by atoms with Crippen molar-refractivity contribution in [1.82, 2.24) is 4.98 Å². The van der Waals surface area contributed by atoms with Gasteiger partial charge in [-0.3, -0.25) is 0 Å². The third-order valence-corrected chi connectivity index (χ3v) is 4.91. The highest BCUT2D eigenvalue weighted by molar-refractivity contribution is 7.17. The van der Waals surface area contributed by atoms with Gasteiger partial charge in [-0.1, -0.05) is 13.0 Å². The molecule has 26 heavy (non-hydrogen) atoms. The minimum Gasteiger partial charge on any atom is -0.417 e. The van der Waals surface area contributed by atoms with Gasteiger partial charge in [0.15, 0.2) is 0 Å². The molecule has 0 atom stereocenters. The second-order valence-corrected chi connectivity index (χ2v) is 6.56. The number of ether oxygens (including phenoxy) is 1. The van der Waals surface area contributed by atoms with Gasteiger partial charge in [-0.25, -0.2) is 9.98 Å². The van der Waals surface area contributed by atoms with E-state index in [-0.39, 0.29) is 5.88 Å². The number of aliphatic imine (C=N–C) groups is 1. The number of nitrogens with zero attached hydrogens (tertiary/aromatic N) is 2. The summed E-state index contributed by atoms with van der Waals surface area (Å²) >= 11 is 1.53. The Balaban J connectivity index is 2.17. The largest absolute Gasteiger partial charge is 0.417 e. The second-order valence-electron chi connectivity index (χ2n) is 5.51. The molecule has 0 saturated heterocycles. The van der Waals surface area contributed by atoms with E-state index in [1.165, 1.54) is 23.6 Å². The molecule has 2 aromatic heterocycles. The summed E-state index contributed by atoms with van der Waals surface area (Å²) in [5, 5.41) is 3.91. The maximum Gasteiger partial charge on any atom is 0.388 e. The zero-order chi connectivity index (χ0) is 19.3. The molecule has 0 aliphatic carbocycles. The lowest BCUT2D eigenvalue weighted by Gasteiger charge is -2.08. The number of halogens is 2. The van der Waals surface area contributed by atoms with Crippen LogP contribution < -0.4 is 15.8 Å². The predicted octanol–water partition coefficient (Wildman–Crippen LogP) is 5.09. The van der Waals surface area contributed by atoms with Crippen molar-refractivity contribution >= 4 is 33.6 Å². The van der Waals surface area contributed by atoms with Crippen molar-refractivity contribution in [2.24, 2.45) is 4.99 Å². The molecule has 0 spiro atoms. The van der Waals surface area contributed by atoms with Crippen molar-refractivity contribution in [3.63, 3.8) is 0 Å². The molecule has 0 aliphatic rings. The van der Waals surface area contributed by atoms with Crippen LogP contribution in [0.5, 0.6) is 5.88 Å². The predicted molar refractivity (Wildman–Crippen MR) is 104 cm³/mol. The Morgan fingerprint density at radius 2 is 2.19 bits per heavy atom. The molecular weight excluding hydrogens is 358 g/mol. The molecule has 3 N–H and O–H groups in total. The fourth-order valence-electron chi connectivity index (χ4n) is 2.53. The normalized spacial score (nSPS) is 12.6. The number of thiophene rings is 1. The van der Waals surface area contributed by atoms with E-state index in [4.69, 9.17) is 5.73 Å². The average molecular weight is 380 g/mol. The van der Waals surface area contributed by atoms with E-state index >= 15 is 0 Å². The standard InChI is InChI=1S/C18H22F2N4OS/c1-5-13-10(3)16(26-17(13)21)14(6-2)24-11(4)23-12-7-8-15(22-9-12)25-18(19)20/h6-9,18H,5,21H2,1-4H3,(H,23,24)/b14-6-. The second kappa shape index (κ2) is 8.75. The van der Waals surface area contributed by atoms with Crippen molar-refractivity contribution in [3.05, 3.63) is 40.4 Å². The van der Waals surface area contributed by atoms with Crippen molar-refractivity contribution in [1.29, 1.82) is 0 Å². The summed E-state index contributed by atoms with van der Waals surface area (Å²) < 4.78 is 28.5. The van der Waals surface area contributed by atoms with Crippen molar-refractivity contribution < 1.29 is 13.5 Å². The summed E-state index contributed by atoms with van der Waals surface area (Å²) in [4.78, 5) is 9.49. The van der Waals surface area contributed by atoms with E-state index in [1.807, 2.05) is 19.9 Å². The van der Waals surface area contributed by atoms with Gasteiger partial charge in [0.05, 0.1) is 27.5 Å². The lowest BCUT2D eigenvalue weighted by Crippen LogP contribution is -2.08. The third-order valence-electron chi connectivity index (χ3n) is 3.72. The number of hydrogen-bond donors (Lipinski definition) is 2. The highest BCUT2D eigenvalue weighted by atomic mass is 32.1. The van der Waals surface area contributed by atoms with E-state index in [1.54, 1.807) is 6.07 Å². The molecule has 2 rings (SSSR count). The molecule has 0 amide bonds. The molecule has 0 unspecified atom stereocenters. The highest BCUT2D eigenvalue weighted by Gasteiger charge is 2.14. The summed E-state index contributed by atoms with van der Waals surface area (Å²) in [6, 6.07) is 2.97. The molecule has 0 saturated carbocycles. The van der Waals surface area contributed by atoms with Gasteiger partial charge in [0.25, 0.3) is 0 Å². The van der Waals surface area contributed by atoms with Crippen molar-refractivity contribution in [2.75, 3.05) is 11.1 Å². The minimum atomic E-state index is -2.89. The van der Waals surface area contributed by atoms with Gasteiger partial charge >= 0.3 is 6.61 Å². The Morgan fingerprint density at radius 1 is 1.46 bits per heavy atom. The van der Waals surface area contributed by atoms with Crippen LogP contribution in [0.3, 0.4) is 0 Å². The molecular formula is C18H22F2N4OS. The van der Waals surface area contributed by atoms with Gasteiger partial charge in [-0.2, -0.15) is 8.78 Å². The highest BCUT2D eigenvalue weighted by Crippen LogP contribution is 2.36. The van der Waals surface area contributed by atoms with Gasteiger partial charge < -0.3 is 15.8 Å². The molecule has 0 fully saturated rings. The van der Waals surface area contributed by atoms with E-state index in [2.05, 4.69) is 33.9 Å². The smallest absolute Gasteiger partial charge is 0.388 e. The van der Waals surface area contributed by atoms with Gasteiger partial charge in [-0.05, 0) is 44.4 Å². The summed E-state index contributed by atoms with van der Waals surface area (Å²) in [6.45, 7) is 4.98. The SMILES string of the molecule is C/C=C(\N=C(C)Nc1ccc(OC(F)F)nc1)c1sc(N)c(CC)c1C. The van der Waals surface area contributed by atoms with E-state index in [9.17, 15) is 8.78 Å². The maximum absolute atomic E-state index is 12.2. The number of nitrogen functional groups attached to an aromatic ring is 1. The number of nitrogens with two attached hydrogens (primary N) is 1. The number of pyridine rings is 1. The Labute approximate surface area is 155 Å². The zero-order valence-electron chi connectivity index (χ0n) is 15.1. The van der Waals surface area contributed by atoms with Crippen LogP contribution in [-0.4, -0.2) is 17.4 Å². The molecule has 2 aromatic rings. The summed E-state index contributed by atoms with van der Waals surface area (Å²) in [6.07, 6.45) is 4.22. The monoisotopic (exact) mass is 380 g/mol. The van der Waals surface area contributed by atoms with Crippen LogP contribution in [0.1, 0.15) is 36.8 Å². The Bertz CT molecular complexity index is 813. The number of alkyl halides is 2. The van der Waals surface area contributed by atoms with E-state index < -0.39 is 6.61 Å². The molecule has 0 bridgehead atoms. The lowest BCUT2D eigenvalue weighted by atomic mass is 10.1. The number of amidine groups is 1. The Morgan fingerprint density at radius 3 is 2.69 bits per heavy atom. The van der Waals surface area contributed by atoms with Crippen LogP contribution in [0.15, 0.2) is 29.4 Å². The zero-order valence-corrected chi connectivity index (χ0v) is 16.0. The topological polar surface area (TPSA) is 72.5 Å². The van der Waals surface area contributed by atoms with Crippen molar-refractivity contribution in [2.45, 2.75) is 40.7 Å². The fourth-order valence-corrected chi connectivity index (χ4v) is 3.72. The first-order chi connectivity index (χ1) is 12.3. The molecule has 140 valence electrons. The molecule has 0 aromatic carbocycles. The maximum atomic E-state index is 12.2. The number of rotatable bonds is 6. The Kier molecular flexibility index (Phi) is 6.68. The molecule has 5 nitrogen and oxygen atoms in total. The van der Waals surface area contributed by atoms with Gasteiger partial charge in [0.1, 0.15) is 5.84 Å². The van der Waals surface area contributed by atoms with Gasteiger partial charge in [0, 0.05) is 6.07 Å². The van der Waals surface area contributed by atoms with Crippen LogP contribution in [0.2, 0.25) is 0 Å². The van der Waals surface area contributed by atoms with Crippen LogP contribution in [-0.2, 0) is 6.42 Å². The number of hydrogen-bond acceptors (Lipinski definition) is 5. The number of anilines is 2. The third kappa shape index (κ3) is 4.78. The fraction of sp³-hybridized carbons (Fsp3) is 0.333. The molecule has 0 radical (unpaired) electrons. The minimum absolute atomic E-state index is 0.133. The molecule has 2 heterocycles. The van der Waals surface area contributed by atoms with Crippen LogP contribution in [0, 0.1) is 6.92 Å². The number of nitrogens with one attached hydrogen (secondary N) is 1. The van der Waals surface area contributed by atoms with E-state index in [0.717, 1.165) is 33.1 Å². The summed E-state index contributed by atoms with van der Waals surface area (Å²) in [5.41, 5.74) is 9.86. The van der Waals surface area contributed by atoms with Gasteiger partial charge in [-0.15, -0.1) is 11.3 Å². The van der Waals surface area contributed by atoms with Crippen molar-refractivity contribution in [3.8, 4) is 5.88 Å². The first-order valence-electron chi connectivity index (χ1n) is 8.13. The van der Waals surface area contributed by atoms with Crippen LogP contribution >= 0.6 is 11.3 Å². The Hall–Kier alpha value is -2.48. The quantitative estimate of drug-likeness (QED) is 0.541. The molecule has 0 aliphatic heterocycles. The summed E-state index contributed by atoms with van der Waals surface area (Å²) in [7, 11) is 0. The first kappa shape index (κ1) is 19.8. The average Bonchev–Trinajstić information content (AvgIpc) is 2.87. The summed E-state index contributed by atoms with van der Waals surface area (Å²) in [5.74, 6) is 0.512. The van der Waals surface area contributed by atoms with Gasteiger partial charge in [0.2, 0.25) is 5.88 Å².